The summed E-state index contributed by atoms with van der Waals surface area (Å²) in [4.78, 5) is 11.7. The van der Waals surface area contributed by atoms with Gasteiger partial charge in [0.15, 0.2) is 0 Å². The Balaban J connectivity index is 2.88. The van der Waals surface area contributed by atoms with Crippen LogP contribution in [-0.4, -0.2) is 22.8 Å². The molecule has 1 N–H and O–H groups in total. The number of aromatic nitrogens is 2. The van der Waals surface area contributed by atoms with Crippen molar-refractivity contribution in [1.29, 1.82) is 0 Å². The molecule has 1 unspecified atom stereocenters. The van der Waals surface area contributed by atoms with Gasteiger partial charge in [0.05, 0.1) is 12.3 Å². The van der Waals surface area contributed by atoms with E-state index in [1.54, 1.807) is 0 Å². The van der Waals surface area contributed by atoms with Crippen LogP contribution in [0.2, 0.25) is 0 Å². The van der Waals surface area contributed by atoms with Gasteiger partial charge in [-0.15, -0.1) is 0 Å². The Labute approximate surface area is 90.0 Å². The van der Waals surface area contributed by atoms with E-state index in [2.05, 4.69) is 10.2 Å². The number of aromatic amines is 1. The minimum atomic E-state index is -0.269. The summed E-state index contributed by atoms with van der Waals surface area (Å²) in [6.07, 6.45) is 0. The Bertz CT molecular complexity index is 331. The Morgan fingerprint density at radius 2 is 2.27 bits per heavy atom. The smallest absolute Gasteiger partial charge is 0.315 e. The molecule has 0 aliphatic heterocycles. The van der Waals surface area contributed by atoms with Crippen LogP contribution in [0.1, 0.15) is 38.1 Å². The predicted molar refractivity (Wildman–Crippen MR) is 57.5 cm³/mol. The van der Waals surface area contributed by atoms with E-state index in [0.717, 1.165) is 11.4 Å². The summed E-state index contributed by atoms with van der Waals surface area (Å²) in [7, 11) is 0. The second kappa shape index (κ2) is 4.96. The molecule has 0 spiro atoms. The lowest BCUT2D eigenvalue weighted by Crippen LogP contribution is -2.21. The van der Waals surface area contributed by atoms with Gasteiger partial charge in [0.2, 0.25) is 0 Å². The first-order chi connectivity index (χ1) is 7.06. The minimum Gasteiger partial charge on any atom is -0.465 e. The van der Waals surface area contributed by atoms with Crippen LogP contribution >= 0.6 is 0 Å². The number of aryl methyl sites for hydroxylation is 1. The molecule has 1 rings (SSSR count). The quantitative estimate of drug-likeness (QED) is 0.773. The van der Waals surface area contributed by atoms with Crippen molar-refractivity contribution in [3.05, 3.63) is 17.5 Å². The molecule has 15 heavy (non-hydrogen) atoms. The van der Waals surface area contributed by atoms with Gasteiger partial charge in [-0.25, -0.2) is 0 Å². The molecule has 1 atom stereocenters. The molecular weight excluding hydrogens is 192 g/mol. The van der Waals surface area contributed by atoms with E-state index in [1.807, 2.05) is 33.8 Å². The fourth-order valence-corrected chi connectivity index (χ4v) is 1.56. The van der Waals surface area contributed by atoms with Crippen molar-refractivity contribution in [2.75, 3.05) is 6.61 Å². The van der Waals surface area contributed by atoms with E-state index in [4.69, 9.17) is 4.74 Å². The lowest BCUT2D eigenvalue weighted by molar-refractivity contribution is -0.146. The van der Waals surface area contributed by atoms with Gasteiger partial charge in [-0.3, -0.25) is 9.89 Å². The average Bonchev–Trinajstić information content (AvgIpc) is 2.51. The van der Waals surface area contributed by atoms with E-state index in [9.17, 15) is 4.79 Å². The van der Waals surface area contributed by atoms with E-state index < -0.39 is 0 Å². The molecule has 0 amide bonds. The summed E-state index contributed by atoms with van der Waals surface area (Å²) in [6, 6.07) is 1.89. The zero-order valence-corrected chi connectivity index (χ0v) is 9.70. The summed E-state index contributed by atoms with van der Waals surface area (Å²) < 4.78 is 5.04. The third kappa shape index (κ3) is 2.81. The number of carbonyl (C=O) groups excluding carboxylic acids is 1. The van der Waals surface area contributed by atoms with Gasteiger partial charge in [0.25, 0.3) is 0 Å². The monoisotopic (exact) mass is 210 g/mol. The van der Waals surface area contributed by atoms with E-state index in [-0.39, 0.29) is 17.8 Å². The molecule has 0 bridgehead atoms. The Kier molecular flexibility index (Phi) is 3.88. The second-order valence-corrected chi connectivity index (χ2v) is 3.95. The largest absolute Gasteiger partial charge is 0.465 e. The van der Waals surface area contributed by atoms with Gasteiger partial charge in [-0.2, -0.15) is 5.10 Å². The van der Waals surface area contributed by atoms with Crippen molar-refractivity contribution >= 4 is 5.97 Å². The normalized spacial score (nSPS) is 12.9. The summed E-state index contributed by atoms with van der Waals surface area (Å²) >= 11 is 0. The highest BCUT2D eigenvalue weighted by Gasteiger charge is 2.27. The topological polar surface area (TPSA) is 55.0 Å². The summed E-state index contributed by atoms with van der Waals surface area (Å²) in [5.41, 5.74) is 1.72. The number of carbonyl (C=O) groups is 1. The van der Waals surface area contributed by atoms with Crippen LogP contribution in [0.15, 0.2) is 6.07 Å². The summed E-state index contributed by atoms with van der Waals surface area (Å²) in [5, 5.41) is 6.96. The molecule has 0 aliphatic carbocycles. The lowest BCUT2D eigenvalue weighted by atomic mass is 9.92. The lowest BCUT2D eigenvalue weighted by Gasteiger charge is -2.16. The van der Waals surface area contributed by atoms with Gasteiger partial charge in [-0.1, -0.05) is 13.8 Å². The number of hydrogen-bond donors (Lipinski definition) is 1. The van der Waals surface area contributed by atoms with Crippen molar-refractivity contribution in [3.63, 3.8) is 0 Å². The number of ether oxygens (including phenoxy) is 1. The van der Waals surface area contributed by atoms with Crippen molar-refractivity contribution in [3.8, 4) is 0 Å². The third-order valence-electron chi connectivity index (χ3n) is 2.25. The first-order valence-electron chi connectivity index (χ1n) is 5.24. The van der Waals surface area contributed by atoms with Gasteiger partial charge in [0.1, 0.15) is 5.92 Å². The molecule has 0 fully saturated rings. The van der Waals surface area contributed by atoms with Crippen LogP contribution in [0.5, 0.6) is 0 Å². The zero-order valence-electron chi connectivity index (χ0n) is 9.70. The van der Waals surface area contributed by atoms with Gasteiger partial charge >= 0.3 is 5.97 Å². The molecule has 4 heteroatoms. The van der Waals surface area contributed by atoms with Gasteiger partial charge in [-0.05, 0) is 25.8 Å². The van der Waals surface area contributed by atoms with Crippen LogP contribution in [0.25, 0.3) is 0 Å². The standard InChI is InChI=1S/C11H18N2O2/c1-5-15-11(14)10(7(2)3)9-6-8(4)12-13-9/h6-7,10H,5H2,1-4H3,(H,12,13). The van der Waals surface area contributed by atoms with Gasteiger partial charge in [0, 0.05) is 5.69 Å². The molecular formula is C11H18N2O2. The molecule has 0 saturated heterocycles. The van der Waals surface area contributed by atoms with E-state index in [0.29, 0.717) is 6.61 Å². The summed E-state index contributed by atoms with van der Waals surface area (Å²) in [6.45, 7) is 8.12. The van der Waals surface area contributed by atoms with Crippen LogP contribution < -0.4 is 0 Å². The zero-order chi connectivity index (χ0) is 11.4. The molecule has 1 aromatic heterocycles. The van der Waals surface area contributed by atoms with Crippen molar-refractivity contribution in [2.45, 2.75) is 33.6 Å². The van der Waals surface area contributed by atoms with E-state index in [1.165, 1.54) is 0 Å². The number of H-pyrrole nitrogens is 1. The molecule has 0 aliphatic rings. The highest BCUT2D eigenvalue weighted by atomic mass is 16.5. The third-order valence-corrected chi connectivity index (χ3v) is 2.25. The highest BCUT2D eigenvalue weighted by Crippen LogP contribution is 2.24. The van der Waals surface area contributed by atoms with Gasteiger partial charge < -0.3 is 4.74 Å². The molecule has 0 radical (unpaired) electrons. The van der Waals surface area contributed by atoms with Crippen molar-refractivity contribution < 1.29 is 9.53 Å². The number of rotatable bonds is 4. The fraction of sp³-hybridized carbons (Fsp3) is 0.636. The maximum absolute atomic E-state index is 11.7. The minimum absolute atomic E-state index is 0.187. The van der Waals surface area contributed by atoms with Crippen molar-refractivity contribution in [1.82, 2.24) is 10.2 Å². The number of esters is 1. The Hall–Kier alpha value is -1.32. The van der Waals surface area contributed by atoms with Crippen molar-refractivity contribution in [2.24, 2.45) is 5.92 Å². The Morgan fingerprint density at radius 3 is 2.67 bits per heavy atom. The number of hydrogen-bond acceptors (Lipinski definition) is 3. The van der Waals surface area contributed by atoms with Crippen LogP contribution in [0, 0.1) is 12.8 Å². The Morgan fingerprint density at radius 1 is 1.60 bits per heavy atom. The maximum Gasteiger partial charge on any atom is 0.315 e. The highest BCUT2D eigenvalue weighted by molar-refractivity contribution is 5.77. The first-order valence-corrected chi connectivity index (χ1v) is 5.24. The molecule has 0 saturated carbocycles. The molecule has 1 heterocycles. The first kappa shape index (κ1) is 11.8. The fourth-order valence-electron chi connectivity index (χ4n) is 1.56. The molecule has 0 aromatic carbocycles. The van der Waals surface area contributed by atoms with E-state index >= 15 is 0 Å². The predicted octanol–water partition coefficient (Wildman–Crippen LogP) is 2.02. The number of nitrogens with one attached hydrogen (secondary N) is 1. The van der Waals surface area contributed by atoms with Crippen LogP contribution in [-0.2, 0) is 9.53 Å². The maximum atomic E-state index is 11.7. The average molecular weight is 210 g/mol. The summed E-state index contributed by atoms with van der Waals surface area (Å²) in [5.74, 6) is -0.277. The number of nitrogens with zero attached hydrogens (tertiary/aromatic N) is 1. The molecule has 4 nitrogen and oxygen atoms in total. The SMILES string of the molecule is CCOC(=O)C(c1cc(C)[nH]n1)C(C)C. The molecule has 1 aromatic rings. The van der Waals surface area contributed by atoms with Crippen LogP contribution in [0.4, 0.5) is 0 Å². The van der Waals surface area contributed by atoms with Crippen LogP contribution in [0.3, 0.4) is 0 Å². The second-order valence-electron chi connectivity index (χ2n) is 3.95. The molecule has 84 valence electrons.